The van der Waals surface area contributed by atoms with Gasteiger partial charge in [0.05, 0.1) is 6.61 Å². The minimum Gasteiger partial charge on any atom is -0.361 e. The lowest BCUT2D eigenvalue weighted by Crippen LogP contribution is -2.60. The Morgan fingerprint density at radius 3 is 2.75 bits per heavy atom. The van der Waals surface area contributed by atoms with Crippen LogP contribution in [-0.2, 0) is 16.1 Å². The van der Waals surface area contributed by atoms with Gasteiger partial charge in [-0.05, 0) is 48.1 Å². The fourth-order valence-corrected chi connectivity index (χ4v) is 4.65. The molecule has 5 rings (SSSR count). The van der Waals surface area contributed by atoms with Gasteiger partial charge in [0.25, 0.3) is 5.91 Å². The van der Waals surface area contributed by atoms with Gasteiger partial charge in [0.2, 0.25) is 0 Å². The molecular formula is C22H26N4O2. The molecule has 3 fully saturated rings. The number of carbonyl (C=O) groups is 1. The lowest BCUT2D eigenvalue weighted by atomic mass is 9.83. The van der Waals surface area contributed by atoms with Crippen molar-refractivity contribution in [2.24, 2.45) is 5.92 Å². The van der Waals surface area contributed by atoms with E-state index in [1.807, 2.05) is 36.8 Å². The van der Waals surface area contributed by atoms with Crippen molar-refractivity contribution < 1.29 is 9.53 Å². The SMILES string of the molecule is O=C1N(CC2CC2)CCOC12CN(Cc1ccncc1)CC2c1cccnc1. The van der Waals surface area contributed by atoms with Crippen molar-refractivity contribution in [1.29, 1.82) is 0 Å². The average molecular weight is 378 g/mol. The van der Waals surface area contributed by atoms with Gasteiger partial charge in [-0.2, -0.15) is 0 Å². The maximum atomic E-state index is 13.6. The minimum absolute atomic E-state index is 0.00228. The van der Waals surface area contributed by atoms with Crippen molar-refractivity contribution in [1.82, 2.24) is 19.8 Å². The maximum Gasteiger partial charge on any atom is 0.256 e. The summed E-state index contributed by atoms with van der Waals surface area (Å²) in [5, 5.41) is 0. The molecule has 2 saturated heterocycles. The molecule has 28 heavy (non-hydrogen) atoms. The molecule has 146 valence electrons. The molecule has 1 saturated carbocycles. The molecule has 4 heterocycles. The van der Waals surface area contributed by atoms with Crippen LogP contribution < -0.4 is 0 Å². The van der Waals surface area contributed by atoms with Crippen molar-refractivity contribution in [3.63, 3.8) is 0 Å². The van der Waals surface area contributed by atoms with Crippen molar-refractivity contribution in [2.75, 3.05) is 32.8 Å². The predicted molar refractivity (Wildman–Crippen MR) is 104 cm³/mol. The van der Waals surface area contributed by atoms with Gasteiger partial charge in [0, 0.05) is 63.4 Å². The van der Waals surface area contributed by atoms with Crippen molar-refractivity contribution in [2.45, 2.75) is 30.9 Å². The first-order valence-electron chi connectivity index (χ1n) is 10.2. The summed E-state index contributed by atoms with van der Waals surface area (Å²) in [4.78, 5) is 26.5. The first-order valence-corrected chi connectivity index (χ1v) is 10.2. The molecule has 0 radical (unpaired) electrons. The summed E-state index contributed by atoms with van der Waals surface area (Å²) in [5.41, 5.74) is 1.49. The van der Waals surface area contributed by atoms with Crippen LogP contribution in [0.2, 0.25) is 0 Å². The van der Waals surface area contributed by atoms with Crippen LogP contribution in [0.5, 0.6) is 0 Å². The second kappa shape index (κ2) is 7.26. The molecule has 2 unspecified atom stereocenters. The van der Waals surface area contributed by atoms with E-state index < -0.39 is 5.60 Å². The van der Waals surface area contributed by atoms with Gasteiger partial charge in [-0.15, -0.1) is 0 Å². The quantitative estimate of drug-likeness (QED) is 0.797. The van der Waals surface area contributed by atoms with E-state index in [1.54, 1.807) is 6.20 Å². The molecule has 2 aromatic rings. The monoisotopic (exact) mass is 378 g/mol. The van der Waals surface area contributed by atoms with Crippen LogP contribution in [0.15, 0.2) is 49.1 Å². The highest BCUT2D eigenvalue weighted by molar-refractivity contribution is 5.88. The third-order valence-corrected chi connectivity index (χ3v) is 6.25. The summed E-state index contributed by atoms with van der Waals surface area (Å²) in [5.74, 6) is 0.847. The summed E-state index contributed by atoms with van der Waals surface area (Å²) in [7, 11) is 0. The summed E-state index contributed by atoms with van der Waals surface area (Å²) in [6.45, 7) is 4.40. The third-order valence-electron chi connectivity index (χ3n) is 6.25. The molecule has 0 N–H and O–H groups in total. The zero-order valence-electron chi connectivity index (χ0n) is 16.0. The Morgan fingerprint density at radius 1 is 1.14 bits per heavy atom. The highest BCUT2D eigenvalue weighted by atomic mass is 16.5. The van der Waals surface area contributed by atoms with Gasteiger partial charge < -0.3 is 9.64 Å². The van der Waals surface area contributed by atoms with E-state index in [0.717, 1.165) is 25.2 Å². The fourth-order valence-electron chi connectivity index (χ4n) is 4.65. The third kappa shape index (κ3) is 3.31. The molecule has 0 bridgehead atoms. The molecule has 2 aromatic heterocycles. The van der Waals surface area contributed by atoms with E-state index in [1.165, 1.54) is 18.4 Å². The van der Waals surface area contributed by atoms with E-state index in [-0.39, 0.29) is 11.8 Å². The largest absolute Gasteiger partial charge is 0.361 e. The smallest absolute Gasteiger partial charge is 0.256 e. The number of nitrogens with zero attached hydrogens (tertiary/aromatic N) is 4. The van der Waals surface area contributed by atoms with E-state index >= 15 is 0 Å². The summed E-state index contributed by atoms with van der Waals surface area (Å²) in [6, 6.07) is 8.09. The maximum absolute atomic E-state index is 13.6. The number of hydrogen-bond acceptors (Lipinski definition) is 5. The second-order valence-corrected chi connectivity index (χ2v) is 8.30. The van der Waals surface area contributed by atoms with Gasteiger partial charge in [-0.1, -0.05) is 6.07 Å². The average Bonchev–Trinajstić information content (AvgIpc) is 3.48. The Bertz CT molecular complexity index is 827. The lowest BCUT2D eigenvalue weighted by molar-refractivity contribution is -0.172. The van der Waals surface area contributed by atoms with Crippen LogP contribution in [0.1, 0.15) is 29.9 Å². The Morgan fingerprint density at radius 2 is 2.00 bits per heavy atom. The van der Waals surface area contributed by atoms with Crippen molar-refractivity contribution in [3.05, 3.63) is 60.2 Å². The molecule has 1 amide bonds. The number of rotatable bonds is 5. The first kappa shape index (κ1) is 17.8. The van der Waals surface area contributed by atoms with Crippen LogP contribution >= 0.6 is 0 Å². The van der Waals surface area contributed by atoms with Crippen LogP contribution in [-0.4, -0.2) is 64.1 Å². The Labute approximate surface area is 165 Å². The zero-order chi connectivity index (χ0) is 19.0. The van der Waals surface area contributed by atoms with E-state index in [4.69, 9.17) is 4.74 Å². The van der Waals surface area contributed by atoms with E-state index in [0.29, 0.717) is 25.6 Å². The predicted octanol–water partition coefficient (Wildman–Crippen LogP) is 2.08. The van der Waals surface area contributed by atoms with Crippen LogP contribution in [0, 0.1) is 5.92 Å². The molecule has 0 aromatic carbocycles. The highest BCUT2D eigenvalue weighted by Crippen LogP contribution is 2.43. The number of amides is 1. The standard InChI is InChI=1S/C22H26N4O2/c27-21-22(28-11-10-26(21)14-17-3-4-17)16-25(13-18-5-8-23-9-6-18)15-20(22)19-2-1-7-24-12-19/h1-2,5-9,12,17,20H,3-4,10-11,13-16H2. The molecule has 2 aliphatic heterocycles. The number of morpholine rings is 1. The minimum atomic E-state index is -0.802. The first-order chi connectivity index (χ1) is 13.7. The molecule has 1 aliphatic carbocycles. The molecule has 6 heteroatoms. The van der Waals surface area contributed by atoms with Crippen LogP contribution in [0.4, 0.5) is 0 Å². The summed E-state index contributed by atoms with van der Waals surface area (Å²) < 4.78 is 6.33. The molecule has 3 aliphatic rings. The van der Waals surface area contributed by atoms with Gasteiger partial charge in [0.15, 0.2) is 5.60 Å². The Balaban J connectivity index is 1.44. The van der Waals surface area contributed by atoms with Crippen molar-refractivity contribution >= 4 is 5.91 Å². The van der Waals surface area contributed by atoms with Crippen LogP contribution in [0.3, 0.4) is 0 Å². The summed E-state index contributed by atoms with van der Waals surface area (Å²) in [6.07, 6.45) is 9.80. The van der Waals surface area contributed by atoms with Crippen molar-refractivity contribution in [3.8, 4) is 0 Å². The van der Waals surface area contributed by atoms with Gasteiger partial charge in [0.1, 0.15) is 0 Å². The van der Waals surface area contributed by atoms with Gasteiger partial charge >= 0.3 is 0 Å². The molecule has 1 spiro atoms. The lowest BCUT2D eigenvalue weighted by Gasteiger charge is -2.42. The Kier molecular flexibility index (Phi) is 4.61. The topological polar surface area (TPSA) is 58.6 Å². The second-order valence-electron chi connectivity index (χ2n) is 8.30. The number of likely N-dealkylation sites (tertiary alicyclic amines) is 1. The normalized spacial score (nSPS) is 28.2. The number of carbonyl (C=O) groups excluding carboxylic acids is 1. The zero-order valence-corrected chi connectivity index (χ0v) is 16.0. The van der Waals surface area contributed by atoms with E-state index in [9.17, 15) is 4.79 Å². The van der Waals surface area contributed by atoms with Gasteiger partial charge in [-0.25, -0.2) is 0 Å². The van der Waals surface area contributed by atoms with Crippen LogP contribution in [0.25, 0.3) is 0 Å². The number of ether oxygens (including phenoxy) is 1. The molecular weight excluding hydrogens is 352 g/mol. The Hall–Kier alpha value is -2.31. The molecule has 6 nitrogen and oxygen atoms in total. The highest BCUT2D eigenvalue weighted by Gasteiger charge is 2.57. The summed E-state index contributed by atoms with van der Waals surface area (Å²) >= 11 is 0. The van der Waals surface area contributed by atoms with E-state index in [2.05, 4.69) is 25.8 Å². The number of pyridine rings is 2. The number of aromatic nitrogens is 2. The van der Waals surface area contributed by atoms with Gasteiger partial charge in [-0.3, -0.25) is 19.7 Å². The molecule has 2 atom stereocenters. The number of hydrogen-bond donors (Lipinski definition) is 0. The fraction of sp³-hybridized carbons (Fsp3) is 0.500.